The largest absolute Gasteiger partial charge is 0.467 e. The average Bonchev–Trinajstić information content (AvgIpc) is 3.33. The molecule has 2 amide bonds. The molecule has 0 aromatic heterocycles. The Hall–Kier alpha value is -4.41. The molecule has 184 valence electrons. The second-order valence-corrected chi connectivity index (χ2v) is 7.75. The van der Waals surface area contributed by atoms with Gasteiger partial charge >= 0.3 is 12.1 Å². The maximum atomic E-state index is 12.4. The van der Waals surface area contributed by atoms with Crippen molar-refractivity contribution in [2.45, 2.75) is 31.6 Å². The number of benzene rings is 2. The van der Waals surface area contributed by atoms with Crippen molar-refractivity contribution in [3.8, 4) is 0 Å². The van der Waals surface area contributed by atoms with Gasteiger partial charge < -0.3 is 30.7 Å². The molecule has 5 N–H and O–H groups in total. The van der Waals surface area contributed by atoms with E-state index in [1.54, 1.807) is 36.4 Å². The van der Waals surface area contributed by atoms with Crippen LogP contribution in [0.1, 0.15) is 29.5 Å². The number of hydrogen-bond donors (Lipinski definition) is 4. The second kappa shape index (κ2) is 12.2. The molecule has 1 heterocycles. The van der Waals surface area contributed by atoms with Gasteiger partial charge in [-0.05, 0) is 11.1 Å². The lowest BCUT2D eigenvalue weighted by Crippen LogP contribution is -2.49. The topological polar surface area (TPSA) is 165 Å². The van der Waals surface area contributed by atoms with E-state index < -0.39 is 24.2 Å². The zero-order chi connectivity index (χ0) is 25.2. The van der Waals surface area contributed by atoms with Gasteiger partial charge in [-0.3, -0.25) is 10.2 Å². The first-order chi connectivity index (χ1) is 16.9. The number of oxime groups is 1. The minimum atomic E-state index is -1.12. The van der Waals surface area contributed by atoms with E-state index in [2.05, 4.69) is 15.8 Å². The fourth-order valence-corrected chi connectivity index (χ4v) is 3.29. The summed E-state index contributed by atoms with van der Waals surface area (Å²) in [6.45, 7) is -0.148. The highest BCUT2D eigenvalue weighted by molar-refractivity contribution is 6.02. The molecule has 1 aliphatic heterocycles. The first-order valence-corrected chi connectivity index (χ1v) is 10.8. The zero-order valence-corrected chi connectivity index (χ0v) is 19.2. The molecule has 0 radical (unpaired) electrons. The number of amidine groups is 1. The lowest BCUT2D eigenvalue weighted by atomic mass is 10.0. The molecule has 11 nitrogen and oxygen atoms in total. The van der Waals surface area contributed by atoms with Gasteiger partial charge in [0.25, 0.3) is 0 Å². The van der Waals surface area contributed by atoms with E-state index in [-0.39, 0.29) is 31.3 Å². The Labute approximate surface area is 202 Å². The number of esters is 1. The summed E-state index contributed by atoms with van der Waals surface area (Å²) in [6, 6.07) is 14.9. The third-order valence-corrected chi connectivity index (χ3v) is 5.17. The quantitative estimate of drug-likeness (QED) is 0.226. The van der Waals surface area contributed by atoms with Gasteiger partial charge in [-0.2, -0.15) is 0 Å². The van der Waals surface area contributed by atoms with E-state index in [1.807, 2.05) is 18.2 Å². The van der Waals surface area contributed by atoms with Crippen molar-refractivity contribution in [3.63, 3.8) is 0 Å². The van der Waals surface area contributed by atoms with Gasteiger partial charge in [0.15, 0.2) is 0 Å². The molecule has 35 heavy (non-hydrogen) atoms. The van der Waals surface area contributed by atoms with Gasteiger partial charge in [-0.15, -0.1) is 0 Å². The van der Waals surface area contributed by atoms with Crippen molar-refractivity contribution in [1.82, 2.24) is 10.6 Å². The fourth-order valence-electron chi connectivity index (χ4n) is 3.29. The van der Waals surface area contributed by atoms with Gasteiger partial charge in [-0.1, -0.05) is 59.8 Å². The lowest BCUT2D eigenvalue weighted by molar-refractivity contribution is -0.143. The normalized spacial score (nSPS) is 15.2. The van der Waals surface area contributed by atoms with Gasteiger partial charge in [0, 0.05) is 18.5 Å². The Balaban J connectivity index is 1.44. The number of nitrogen functional groups attached to an aromatic ring is 1. The van der Waals surface area contributed by atoms with Crippen molar-refractivity contribution >= 4 is 29.5 Å². The first kappa shape index (κ1) is 25.2. The highest BCUT2D eigenvalue weighted by atomic mass is 16.6. The zero-order valence-electron chi connectivity index (χ0n) is 19.2. The number of methoxy groups -OCH3 is 1. The molecule has 0 bridgehead atoms. The van der Waals surface area contributed by atoms with Crippen LogP contribution in [0.2, 0.25) is 0 Å². The van der Waals surface area contributed by atoms with Crippen LogP contribution < -0.4 is 16.4 Å². The third kappa shape index (κ3) is 7.56. The Morgan fingerprint density at radius 2 is 1.89 bits per heavy atom. The molecule has 0 fully saturated rings. The average molecular weight is 482 g/mol. The number of rotatable bonds is 10. The molecule has 0 aliphatic carbocycles. The second-order valence-electron chi connectivity index (χ2n) is 7.75. The number of carbonyl (C=O) groups is 3. The first-order valence-electron chi connectivity index (χ1n) is 10.8. The van der Waals surface area contributed by atoms with Crippen LogP contribution in [0.25, 0.3) is 0 Å². The molecule has 0 unspecified atom stereocenters. The molecule has 3 rings (SSSR count). The summed E-state index contributed by atoms with van der Waals surface area (Å²) in [5, 5.41) is 16.5. The molecule has 0 saturated heterocycles. The molecule has 2 atom stereocenters. The van der Waals surface area contributed by atoms with Crippen molar-refractivity contribution < 1.29 is 28.7 Å². The predicted octanol–water partition coefficient (Wildman–Crippen LogP) is 1.44. The molecular formula is C24H27N5O6. The number of nitrogens with two attached hydrogens (primary N) is 1. The maximum absolute atomic E-state index is 12.4. The smallest absolute Gasteiger partial charge is 0.408 e. The summed E-state index contributed by atoms with van der Waals surface area (Å²) in [5.74, 6) is -1.13. The van der Waals surface area contributed by atoms with Gasteiger partial charge in [-0.25, -0.2) is 9.59 Å². The number of hydrogen-bond acceptors (Lipinski definition) is 8. The lowest BCUT2D eigenvalue weighted by Gasteiger charge is -2.17. The third-order valence-electron chi connectivity index (χ3n) is 5.17. The molecule has 0 saturated carbocycles. The number of ether oxygens (including phenoxy) is 2. The predicted molar refractivity (Wildman–Crippen MR) is 127 cm³/mol. The van der Waals surface area contributed by atoms with Crippen molar-refractivity contribution in [3.05, 3.63) is 71.3 Å². The van der Waals surface area contributed by atoms with Gasteiger partial charge in [0.2, 0.25) is 5.91 Å². The van der Waals surface area contributed by atoms with Crippen LogP contribution in [0.3, 0.4) is 0 Å². The number of alkyl carbamates (subject to hydrolysis) is 1. The van der Waals surface area contributed by atoms with E-state index in [4.69, 9.17) is 25.5 Å². The maximum Gasteiger partial charge on any atom is 0.408 e. The highest BCUT2D eigenvalue weighted by Crippen LogP contribution is 2.19. The molecule has 11 heteroatoms. The van der Waals surface area contributed by atoms with E-state index in [0.29, 0.717) is 17.7 Å². The van der Waals surface area contributed by atoms with Crippen LogP contribution in [-0.4, -0.2) is 55.3 Å². The summed E-state index contributed by atoms with van der Waals surface area (Å²) in [5.41, 5.74) is 8.33. The Bertz CT molecular complexity index is 1090. The minimum absolute atomic E-state index is 0.00484. The number of nitrogens with zero attached hydrogens (tertiary/aromatic N) is 1. The molecule has 0 spiro atoms. The summed E-state index contributed by atoms with van der Waals surface area (Å²) in [6.07, 6.45) is -0.869. The molecular weight excluding hydrogens is 454 g/mol. The van der Waals surface area contributed by atoms with E-state index in [9.17, 15) is 14.4 Å². The van der Waals surface area contributed by atoms with Crippen LogP contribution in [0.4, 0.5) is 4.79 Å². The summed E-state index contributed by atoms with van der Waals surface area (Å²) >= 11 is 0. The Kier molecular flexibility index (Phi) is 8.76. The van der Waals surface area contributed by atoms with Crippen LogP contribution in [0.15, 0.2) is 59.8 Å². The summed E-state index contributed by atoms with van der Waals surface area (Å²) in [4.78, 5) is 41.9. The molecule has 2 aromatic carbocycles. The minimum Gasteiger partial charge on any atom is -0.467 e. The van der Waals surface area contributed by atoms with Gasteiger partial charge in [0.05, 0.1) is 19.2 Å². The summed E-state index contributed by atoms with van der Waals surface area (Å²) < 4.78 is 9.82. The summed E-state index contributed by atoms with van der Waals surface area (Å²) in [7, 11) is 1.18. The van der Waals surface area contributed by atoms with Crippen molar-refractivity contribution in [2.75, 3.05) is 13.7 Å². The van der Waals surface area contributed by atoms with Crippen molar-refractivity contribution in [2.24, 2.45) is 10.9 Å². The van der Waals surface area contributed by atoms with Gasteiger partial charge in [0.1, 0.15) is 24.6 Å². The van der Waals surface area contributed by atoms with Crippen molar-refractivity contribution in [1.29, 1.82) is 5.41 Å². The highest BCUT2D eigenvalue weighted by Gasteiger charge is 2.27. The van der Waals surface area contributed by atoms with Crippen LogP contribution in [-0.2, 0) is 30.5 Å². The SMILES string of the molecule is COC(=O)[C@H](CNC(=O)C[C@H]1CC(c2ccc(C(=N)N)cc2)=NO1)NC(=O)OCc1ccccc1. The number of carbonyl (C=O) groups excluding carboxylic acids is 3. The van der Waals surface area contributed by atoms with Crippen LogP contribution in [0.5, 0.6) is 0 Å². The van der Waals surface area contributed by atoms with Crippen LogP contribution >= 0.6 is 0 Å². The Morgan fingerprint density at radius 3 is 2.54 bits per heavy atom. The molecule has 2 aromatic rings. The standard InChI is InChI=1S/C24H27N5O6/c1-33-23(31)20(28-24(32)34-14-15-5-3-2-4-6-15)13-27-21(30)12-18-11-19(29-35-18)16-7-9-17(10-8-16)22(25)26/h2-10,18,20H,11-14H2,1H3,(H3,25,26)(H,27,30)(H,28,32)/t18-,20+/m1/s1. The molecule has 1 aliphatic rings. The van der Waals surface area contributed by atoms with E-state index in [1.165, 1.54) is 7.11 Å². The number of nitrogens with one attached hydrogen (secondary N) is 3. The fraction of sp³-hybridized carbons (Fsp3) is 0.292. The van der Waals surface area contributed by atoms with E-state index >= 15 is 0 Å². The monoisotopic (exact) mass is 481 g/mol. The Morgan fingerprint density at radius 1 is 1.17 bits per heavy atom. The number of amides is 2. The van der Waals surface area contributed by atoms with E-state index in [0.717, 1.165) is 11.1 Å². The van der Waals surface area contributed by atoms with Crippen LogP contribution in [0, 0.1) is 5.41 Å².